The Labute approximate surface area is 220 Å². The smallest absolute Gasteiger partial charge is 0.324 e. The molecule has 192 valence electrons. The zero-order chi connectivity index (χ0) is 27.1. The highest BCUT2D eigenvalue weighted by molar-refractivity contribution is 8.18. The molecule has 1 fully saturated rings. The quantitative estimate of drug-likeness (QED) is 0.359. The summed E-state index contributed by atoms with van der Waals surface area (Å²) in [6.07, 6.45) is -2.97. The van der Waals surface area contributed by atoms with Crippen LogP contribution in [0.15, 0.2) is 53.4 Å². The van der Waals surface area contributed by atoms with Gasteiger partial charge in [-0.05, 0) is 86.1 Å². The highest BCUT2D eigenvalue weighted by Crippen LogP contribution is 2.35. The van der Waals surface area contributed by atoms with Gasteiger partial charge in [-0.2, -0.15) is 13.2 Å². The molecule has 1 N–H and O–H groups in total. The minimum Gasteiger partial charge on any atom is -0.324 e. The van der Waals surface area contributed by atoms with Gasteiger partial charge in [0.15, 0.2) is 0 Å². The number of imide groups is 1. The van der Waals surface area contributed by atoms with E-state index < -0.39 is 35.3 Å². The summed E-state index contributed by atoms with van der Waals surface area (Å²) in [4.78, 5) is 38.8. The number of nitrogens with zero attached hydrogens (tertiary/aromatic N) is 2. The van der Waals surface area contributed by atoms with Crippen molar-refractivity contribution < 1.29 is 27.6 Å². The number of hydrogen-bond donors (Lipinski definition) is 1. The second-order valence-corrected chi connectivity index (χ2v) is 9.89. The summed E-state index contributed by atoms with van der Waals surface area (Å²) in [5, 5.41) is 2.48. The van der Waals surface area contributed by atoms with Crippen molar-refractivity contribution in [3.63, 3.8) is 0 Å². The van der Waals surface area contributed by atoms with Gasteiger partial charge in [0.1, 0.15) is 6.54 Å². The molecule has 37 heavy (non-hydrogen) atoms. The van der Waals surface area contributed by atoms with Crippen LogP contribution < -0.4 is 5.32 Å². The van der Waals surface area contributed by atoms with E-state index in [9.17, 15) is 27.6 Å². The van der Waals surface area contributed by atoms with E-state index in [1.165, 1.54) is 12.1 Å². The van der Waals surface area contributed by atoms with E-state index in [4.69, 9.17) is 11.6 Å². The Kier molecular flexibility index (Phi) is 7.25. The summed E-state index contributed by atoms with van der Waals surface area (Å²) in [5.41, 5.74) is 2.64. The molecule has 0 aliphatic carbocycles. The van der Waals surface area contributed by atoms with Crippen molar-refractivity contribution in [1.29, 1.82) is 0 Å². The lowest BCUT2D eigenvalue weighted by atomic mass is 10.2. The minimum atomic E-state index is -4.48. The molecule has 6 nitrogen and oxygen atoms in total. The molecule has 0 saturated carbocycles. The van der Waals surface area contributed by atoms with Crippen molar-refractivity contribution in [3.05, 3.63) is 86.5 Å². The molecule has 3 amide bonds. The third-order valence-corrected chi connectivity index (χ3v) is 7.13. The zero-order valence-electron chi connectivity index (χ0n) is 19.9. The van der Waals surface area contributed by atoms with Crippen LogP contribution in [0.4, 0.5) is 23.7 Å². The van der Waals surface area contributed by atoms with Crippen LogP contribution in [0.5, 0.6) is 0 Å². The molecule has 1 aliphatic heterocycles. The van der Waals surface area contributed by atoms with Gasteiger partial charge in [-0.3, -0.25) is 19.3 Å². The molecule has 1 aromatic heterocycles. The van der Waals surface area contributed by atoms with E-state index in [-0.39, 0.29) is 4.91 Å². The van der Waals surface area contributed by atoms with Gasteiger partial charge in [-0.25, -0.2) is 0 Å². The van der Waals surface area contributed by atoms with Crippen molar-refractivity contribution in [2.75, 3.05) is 11.9 Å². The maximum atomic E-state index is 13.2. The number of nitrogens with one attached hydrogen (secondary N) is 1. The van der Waals surface area contributed by atoms with Crippen LogP contribution in [-0.4, -0.2) is 33.1 Å². The molecule has 1 saturated heterocycles. The molecule has 0 unspecified atom stereocenters. The normalized spacial score (nSPS) is 15.1. The van der Waals surface area contributed by atoms with Crippen molar-refractivity contribution in [2.45, 2.75) is 26.9 Å². The van der Waals surface area contributed by atoms with Crippen LogP contribution in [0.3, 0.4) is 0 Å². The Bertz CT molecular complexity index is 1460. The second-order valence-electron chi connectivity index (χ2n) is 8.49. The molecule has 0 spiro atoms. The summed E-state index contributed by atoms with van der Waals surface area (Å²) < 4.78 is 41.2. The van der Waals surface area contributed by atoms with E-state index in [0.29, 0.717) is 45.1 Å². The summed E-state index contributed by atoms with van der Waals surface area (Å²) in [6.45, 7) is 4.79. The summed E-state index contributed by atoms with van der Waals surface area (Å²) >= 11 is 6.76. The molecule has 0 bridgehead atoms. The minimum absolute atomic E-state index is 0.112. The molecule has 3 aromatic rings. The molecular formula is C26H21ClF3N3O3S. The predicted molar refractivity (Wildman–Crippen MR) is 138 cm³/mol. The van der Waals surface area contributed by atoms with Crippen LogP contribution in [-0.2, 0) is 15.8 Å². The van der Waals surface area contributed by atoms with E-state index >= 15 is 0 Å². The first kappa shape index (κ1) is 26.6. The third-order valence-electron chi connectivity index (χ3n) is 5.82. The van der Waals surface area contributed by atoms with Crippen molar-refractivity contribution >= 4 is 52.2 Å². The number of aromatic nitrogens is 1. The number of benzene rings is 2. The first-order valence-electron chi connectivity index (χ1n) is 11.0. The molecule has 0 atom stereocenters. The van der Waals surface area contributed by atoms with E-state index in [1.54, 1.807) is 48.7 Å². The largest absolute Gasteiger partial charge is 0.416 e. The van der Waals surface area contributed by atoms with Gasteiger partial charge >= 0.3 is 6.18 Å². The number of halogens is 4. The molecule has 2 heterocycles. The molecule has 1 aliphatic rings. The lowest BCUT2D eigenvalue weighted by Crippen LogP contribution is -2.36. The number of aryl methyl sites for hydroxylation is 2. The highest BCUT2D eigenvalue weighted by atomic mass is 35.5. The summed E-state index contributed by atoms with van der Waals surface area (Å²) in [5.74, 6) is -1.19. The Morgan fingerprint density at radius 3 is 2.49 bits per heavy atom. The third kappa shape index (κ3) is 5.60. The van der Waals surface area contributed by atoms with E-state index in [1.807, 2.05) is 6.92 Å². The van der Waals surface area contributed by atoms with Gasteiger partial charge < -0.3 is 9.88 Å². The second kappa shape index (κ2) is 10.1. The number of anilines is 1. The molecule has 2 aromatic carbocycles. The fourth-order valence-electron chi connectivity index (χ4n) is 3.94. The number of carbonyl (C=O) groups excluding carboxylic acids is 3. The summed E-state index contributed by atoms with van der Waals surface area (Å²) in [7, 11) is 0. The van der Waals surface area contributed by atoms with Gasteiger partial charge in [0.25, 0.3) is 11.1 Å². The van der Waals surface area contributed by atoms with Crippen LogP contribution in [0.2, 0.25) is 5.02 Å². The number of rotatable bonds is 5. The fraction of sp³-hybridized carbons (Fsp3) is 0.192. The number of carbonyl (C=O) groups is 3. The van der Waals surface area contributed by atoms with Gasteiger partial charge in [0.2, 0.25) is 5.91 Å². The summed E-state index contributed by atoms with van der Waals surface area (Å²) in [6, 6.07) is 11.6. The average Bonchev–Trinajstić information content (AvgIpc) is 3.24. The predicted octanol–water partition coefficient (Wildman–Crippen LogP) is 6.75. The number of hydrogen-bond acceptors (Lipinski definition) is 4. The maximum Gasteiger partial charge on any atom is 0.416 e. The van der Waals surface area contributed by atoms with Crippen molar-refractivity contribution in [2.24, 2.45) is 0 Å². The lowest BCUT2D eigenvalue weighted by Gasteiger charge is -2.13. The van der Waals surface area contributed by atoms with Crippen LogP contribution in [0, 0.1) is 20.8 Å². The van der Waals surface area contributed by atoms with Crippen LogP contribution in [0.25, 0.3) is 11.8 Å². The molecule has 11 heteroatoms. The molecular weight excluding hydrogens is 527 g/mol. The van der Waals surface area contributed by atoms with Gasteiger partial charge in [0.05, 0.1) is 10.5 Å². The van der Waals surface area contributed by atoms with Gasteiger partial charge in [-0.1, -0.05) is 23.7 Å². The van der Waals surface area contributed by atoms with E-state index in [0.717, 1.165) is 22.6 Å². The maximum absolute atomic E-state index is 13.2. The Morgan fingerprint density at radius 1 is 1.08 bits per heavy atom. The van der Waals surface area contributed by atoms with E-state index in [2.05, 4.69) is 5.32 Å². The van der Waals surface area contributed by atoms with Gasteiger partial charge in [0, 0.05) is 27.8 Å². The Balaban J connectivity index is 1.54. The van der Waals surface area contributed by atoms with Crippen molar-refractivity contribution in [3.8, 4) is 5.69 Å². The standard InChI is InChI=1S/C26H21ClF3N3O3S/c1-14-7-8-19(12-21(14)27)31-23(34)13-32-24(35)22(37-25(32)36)10-17-9-15(2)33(16(17)3)20-6-4-5-18(11-20)26(28,29)30/h4-12H,13H2,1-3H3,(H,31,34)/b22-10-. The number of alkyl halides is 3. The molecule has 0 radical (unpaired) electrons. The molecule has 4 rings (SSSR count). The van der Waals surface area contributed by atoms with Gasteiger partial charge in [-0.15, -0.1) is 0 Å². The van der Waals surface area contributed by atoms with Crippen LogP contribution >= 0.6 is 23.4 Å². The Morgan fingerprint density at radius 2 is 1.81 bits per heavy atom. The first-order valence-corrected chi connectivity index (χ1v) is 12.2. The number of thioether (sulfide) groups is 1. The Hall–Kier alpha value is -3.50. The topological polar surface area (TPSA) is 71.4 Å². The fourth-order valence-corrected chi connectivity index (χ4v) is 4.95. The first-order chi connectivity index (χ1) is 17.3. The monoisotopic (exact) mass is 547 g/mol. The average molecular weight is 548 g/mol. The lowest BCUT2D eigenvalue weighted by molar-refractivity contribution is -0.137. The SMILES string of the molecule is Cc1ccc(NC(=O)CN2C(=O)S/C(=C\c3cc(C)n(-c4cccc(C(F)(F)F)c4)c3C)C2=O)cc1Cl. The number of amides is 3. The van der Waals surface area contributed by atoms with Crippen LogP contribution in [0.1, 0.15) is 28.1 Å². The van der Waals surface area contributed by atoms with Crippen molar-refractivity contribution in [1.82, 2.24) is 9.47 Å². The highest BCUT2D eigenvalue weighted by Gasteiger charge is 2.36. The zero-order valence-corrected chi connectivity index (χ0v) is 21.5.